The summed E-state index contributed by atoms with van der Waals surface area (Å²) < 4.78 is 18.8. The average molecular weight is 371 g/mol. The Kier molecular flexibility index (Phi) is 6.97. The smallest absolute Gasteiger partial charge is 0.138 e. The predicted molar refractivity (Wildman–Crippen MR) is 95.4 cm³/mol. The Morgan fingerprint density at radius 3 is 2.83 bits per heavy atom. The van der Waals surface area contributed by atoms with Gasteiger partial charge in [0.1, 0.15) is 24.2 Å². The van der Waals surface area contributed by atoms with E-state index in [4.69, 9.17) is 25.8 Å². The van der Waals surface area contributed by atoms with E-state index in [0.29, 0.717) is 23.1 Å². The SMILES string of the molecule is COc1ccc(OCC2C=CC(CCn3ccnc3)O2)c(Cl)c1.Cl. The zero-order valence-corrected chi connectivity index (χ0v) is 14.9. The summed E-state index contributed by atoms with van der Waals surface area (Å²) in [6, 6.07) is 5.35. The second-order valence-electron chi connectivity index (χ2n) is 5.29. The first kappa shape index (κ1) is 18.6. The number of nitrogens with zero attached hydrogens (tertiary/aromatic N) is 2. The molecule has 2 unspecified atom stereocenters. The minimum absolute atomic E-state index is 0. The van der Waals surface area contributed by atoms with Crippen molar-refractivity contribution in [2.75, 3.05) is 13.7 Å². The minimum Gasteiger partial charge on any atom is -0.497 e. The van der Waals surface area contributed by atoms with Gasteiger partial charge in [0.2, 0.25) is 0 Å². The van der Waals surface area contributed by atoms with Gasteiger partial charge in [-0.05, 0) is 18.6 Å². The largest absolute Gasteiger partial charge is 0.497 e. The van der Waals surface area contributed by atoms with Crippen LogP contribution in [0.25, 0.3) is 0 Å². The van der Waals surface area contributed by atoms with Gasteiger partial charge in [0.25, 0.3) is 0 Å². The molecule has 0 fully saturated rings. The van der Waals surface area contributed by atoms with E-state index in [1.165, 1.54) is 0 Å². The summed E-state index contributed by atoms with van der Waals surface area (Å²) in [5.41, 5.74) is 0. The quantitative estimate of drug-likeness (QED) is 0.696. The molecule has 1 aliphatic heterocycles. The number of hydrogen-bond donors (Lipinski definition) is 0. The Morgan fingerprint density at radius 1 is 1.29 bits per heavy atom. The molecule has 0 spiro atoms. The molecule has 0 saturated carbocycles. The highest BCUT2D eigenvalue weighted by atomic mass is 35.5. The highest BCUT2D eigenvalue weighted by Gasteiger charge is 2.20. The Labute approximate surface area is 152 Å². The lowest BCUT2D eigenvalue weighted by Gasteiger charge is -2.16. The van der Waals surface area contributed by atoms with E-state index in [2.05, 4.69) is 11.1 Å². The molecule has 0 bridgehead atoms. The van der Waals surface area contributed by atoms with Crippen molar-refractivity contribution >= 4 is 24.0 Å². The molecule has 2 aromatic rings. The van der Waals surface area contributed by atoms with E-state index >= 15 is 0 Å². The first-order valence-corrected chi connectivity index (χ1v) is 7.88. The van der Waals surface area contributed by atoms with E-state index < -0.39 is 0 Å². The van der Waals surface area contributed by atoms with E-state index in [1.807, 2.05) is 29.2 Å². The van der Waals surface area contributed by atoms with Crippen LogP contribution in [0, 0.1) is 0 Å². The summed E-state index contributed by atoms with van der Waals surface area (Å²) in [6.45, 7) is 1.32. The third-order valence-electron chi connectivity index (χ3n) is 3.66. The number of aryl methyl sites for hydroxylation is 1. The van der Waals surface area contributed by atoms with Crippen LogP contribution in [0.4, 0.5) is 0 Å². The van der Waals surface area contributed by atoms with Crippen molar-refractivity contribution < 1.29 is 14.2 Å². The van der Waals surface area contributed by atoms with Crippen LogP contribution in [0.1, 0.15) is 6.42 Å². The third kappa shape index (κ3) is 4.90. The molecular formula is C17H20Cl2N2O3. The fraction of sp³-hybridized carbons (Fsp3) is 0.353. The molecule has 1 aromatic heterocycles. The van der Waals surface area contributed by atoms with Crippen LogP contribution in [0.15, 0.2) is 49.1 Å². The molecular weight excluding hydrogens is 351 g/mol. The van der Waals surface area contributed by atoms with Gasteiger partial charge in [-0.15, -0.1) is 12.4 Å². The number of halogens is 2. The van der Waals surface area contributed by atoms with E-state index in [9.17, 15) is 0 Å². The zero-order chi connectivity index (χ0) is 16.1. The molecule has 0 amide bonds. The summed E-state index contributed by atoms with van der Waals surface area (Å²) in [6.07, 6.45) is 10.6. The van der Waals surface area contributed by atoms with Gasteiger partial charge < -0.3 is 18.8 Å². The molecule has 0 N–H and O–H groups in total. The maximum atomic E-state index is 6.16. The van der Waals surface area contributed by atoms with Crippen molar-refractivity contribution in [2.45, 2.75) is 25.2 Å². The van der Waals surface area contributed by atoms with Crippen molar-refractivity contribution in [1.29, 1.82) is 0 Å². The average Bonchev–Trinajstić information content (AvgIpc) is 3.23. The van der Waals surface area contributed by atoms with Crippen LogP contribution in [-0.2, 0) is 11.3 Å². The lowest BCUT2D eigenvalue weighted by Crippen LogP contribution is -2.20. The normalized spacial score (nSPS) is 19.1. The first-order valence-electron chi connectivity index (χ1n) is 7.50. The number of methoxy groups -OCH3 is 1. The lowest BCUT2D eigenvalue weighted by atomic mass is 10.2. The fourth-order valence-corrected chi connectivity index (χ4v) is 2.64. The molecule has 0 saturated heterocycles. The number of imidazole rings is 1. The van der Waals surface area contributed by atoms with Crippen LogP contribution in [0.3, 0.4) is 0 Å². The Morgan fingerprint density at radius 2 is 2.12 bits per heavy atom. The van der Waals surface area contributed by atoms with E-state index in [1.54, 1.807) is 25.4 Å². The molecule has 0 aliphatic carbocycles. The van der Waals surface area contributed by atoms with Gasteiger partial charge >= 0.3 is 0 Å². The van der Waals surface area contributed by atoms with Crippen molar-refractivity contribution in [1.82, 2.24) is 9.55 Å². The zero-order valence-electron chi connectivity index (χ0n) is 13.3. The Balaban J connectivity index is 0.00000208. The van der Waals surface area contributed by atoms with Crippen LogP contribution >= 0.6 is 24.0 Å². The highest BCUT2D eigenvalue weighted by Crippen LogP contribution is 2.29. The molecule has 5 nitrogen and oxygen atoms in total. The van der Waals surface area contributed by atoms with Gasteiger partial charge in [-0.25, -0.2) is 4.98 Å². The highest BCUT2D eigenvalue weighted by molar-refractivity contribution is 6.32. The van der Waals surface area contributed by atoms with Gasteiger partial charge in [-0.1, -0.05) is 23.8 Å². The summed E-state index contributed by atoms with van der Waals surface area (Å²) >= 11 is 6.16. The predicted octanol–water partition coefficient (Wildman–Crippen LogP) is 3.76. The number of ether oxygens (including phenoxy) is 3. The standard InChI is InChI=1S/C17H19ClN2O3.ClH/c1-21-14-4-5-17(16(18)10-14)22-11-15-3-2-13(23-15)6-8-20-9-7-19-12-20;/h2-5,7,9-10,12-13,15H,6,8,11H2,1H3;1H. The number of benzene rings is 1. The molecule has 3 rings (SSSR count). The van der Waals surface area contributed by atoms with Crippen LogP contribution < -0.4 is 9.47 Å². The van der Waals surface area contributed by atoms with Gasteiger partial charge in [0, 0.05) is 25.0 Å². The van der Waals surface area contributed by atoms with Crippen molar-refractivity contribution in [2.24, 2.45) is 0 Å². The second kappa shape index (κ2) is 8.97. The summed E-state index contributed by atoms with van der Waals surface area (Å²) in [7, 11) is 1.60. The number of aromatic nitrogens is 2. The van der Waals surface area contributed by atoms with Gasteiger partial charge in [-0.3, -0.25) is 0 Å². The molecule has 2 heterocycles. The van der Waals surface area contributed by atoms with Gasteiger partial charge in [0.05, 0.1) is 24.6 Å². The fourth-order valence-electron chi connectivity index (χ4n) is 2.42. The van der Waals surface area contributed by atoms with Crippen molar-refractivity contribution in [3.05, 3.63) is 54.1 Å². The maximum absolute atomic E-state index is 6.16. The Bertz CT molecular complexity index is 662. The number of rotatable bonds is 7. The van der Waals surface area contributed by atoms with Crippen LogP contribution in [0.5, 0.6) is 11.5 Å². The number of hydrogen-bond acceptors (Lipinski definition) is 4. The topological polar surface area (TPSA) is 45.5 Å². The summed E-state index contributed by atoms with van der Waals surface area (Å²) in [5, 5.41) is 0.531. The first-order chi connectivity index (χ1) is 11.2. The molecule has 2 atom stereocenters. The van der Waals surface area contributed by atoms with E-state index in [0.717, 1.165) is 13.0 Å². The second-order valence-corrected chi connectivity index (χ2v) is 5.70. The monoisotopic (exact) mass is 370 g/mol. The molecule has 130 valence electrons. The van der Waals surface area contributed by atoms with Crippen molar-refractivity contribution in [3.8, 4) is 11.5 Å². The molecule has 1 aliphatic rings. The van der Waals surface area contributed by atoms with Crippen molar-refractivity contribution in [3.63, 3.8) is 0 Å². The summed E-state index contributed by atoms with van der Waals surface area (Å²) in [4.78, 5) is 4.03. The summed E-state index contributed by atoms with van der Waals surface area (Å²) in [5.74, 6) is 1.34. The van der Waals surface area contributed by atoms with Gasteiger partial charge in [-0.2, -0.15) is 0 Å². The van der Waals surface area contributed by atoms with Gasteiger partial charge in [0.15, 0.2) is 0 Å². The molecule has 24 heavy (non-hydrogen) atoms. The molecule has 0 radical (unpaired) electrons. The third-order valence-corrected chi connectivity index (χ3v) is 3.96. The lowest BCUT2D eigenvalue weighted by molar-refractivity contribution is 0.0268. The molecule has 7 heteroatoms. The molecule has 1 aromatic carbocycles. The maximum Gasteiger partial charge on any atom is 0.138 e. The minimum atomic E-state index is -0.0547. The van der Waals surface area contributed by atoms with Crippen LogP contribution in [-0.4, -0.2) is 35.5 Å². The Hall–Kier alpha value is -1.69. The van der Waals surface area contributed by atoms with Crippen LogP contribution in [0.2, 0.25) is 5.02 Å². The van der Waals surface area contributed by atoms with E-state index in [-0.39, 0.29) is 24.6 Å².